The van der Waals surface area contributed by atoms with Crippen LogP contribution in [0.5, 0.6) is 0 Å². The molecule has 2 unspecified atom stereocenters. The lowest BCUT2D eigenvalue weighted by molar-refractivity contribution is -0.138. The van der Waals surface area contributed by atoms with Crippen LogP contribution in [0.4, 0.5) is 0 Å². The normalized spacial score (nSPS) is 14.1. The van der Waals surface area contributed by atoms with Crippen molar-refractivity contribution < 1.29 is 9.90 Å². The molecule has 0 rings (SSSR count). The van der Waals surface area contributed by atoms with E-state index in [0.29, 0.717) is 6.42 Å². The molecule has 8 heteroatoms. The van der Waals surface area contributed by atoms with Gasteiger partial charge < -0.3 is 10.8 Å². The maximum Gasteiger partial charge on any atom is 0.320 e. The van der Waals surface area contributed by atoms with Crippen LogP contribution in [0.25, 0.3) is 10.4 Å². The highest BCUT2D eigenvalue weighted by molar-refractivity contribution is 8.76. The molecule has 0 fully saturated rings. The van der Waals surface area contributed by atoms with Gasteiger partial charge in [0.05, 0.1) is 0 Å². The molecule has 0 saturated heterocycles. The summed E-state index contributed by atoms with van der Waals surface area (Å²) in [6, 6.07) is -0.895. The molecule has 0 aliphatic heterocycles. The lowest BCUT2D eigenvalue weighted by Gasteiger charge is -2.14. The zero-order chi connectivity index (χ0) is 11.0. The van der Waals surface area contributed by atoms with Crippen LogP contribution in [0.3, 0.4) is 0 Å². The van der Waals surface area contributed by atoms with Crippen molar-refractivity contribution in [2.24, 2.45) is 10.8 Å². The molecule has 3 N–H and O–H groups in total. The Morgan fingerprint density at radius 3 is 2.86 bits per heavy atom. The van der Waals surface area contributed by atoms with Gasteiger partial charge in [-0.1, -0.05) is 26.7 Å². The molecular formula is C6H12N4O2S2. The van der Waals surface area contributed by atoms with E-state index in [0.717, 1.165) is 0 Å². The summed E-state index contributed by atoms with van der Waals surface area (Å²) < 4.78 is 0. The minimum Gasteiger partial charge on any atom is -0.480 e. The summed E-state index contributed by atoms with van der Waals surface area (Å²) >= 11 is 0. The Morgan fingerprint density at radius 2 is 2.43 bits per heavy atom. The number of carboxylic acids is 1. The van der Waals surface area contributed by atoms with Crippen LogP contribution in [0.15, 0.2) is 5.11 Å². The minimum atomic E-state index is -1.03. The quantitative estimate of drug-likeness (QED) is 0.301. The van der Waals surface area contributed by atoms with Crippen molar-refractivity contribution in [3.05, 3.63) is 10.4 Å². The molecule has 0 heterocycles. The molecule has 0 aliphatic rings. The van der Waals surface area contributed by atoms with Crippen molar-refractivity contribution in [1.29, 1.82) is 0 Å². The van der Waals surface area contributed by atoms with Crippen LogP contribution in [0.2, 0.25) is 0 Å². The van der Waals surface area contributed by atoms with E-state index in [-0.39, 0.29) is 11.8 Å². The second-order valence-electron chi connectivity index (χ2n) is 2.48. The molecule has 0 aromatic carbocycles. The van der Waals surface area contributed by atoms with Crippen molar-refractivity contribution in [2.45, 2.75) is 17.7 Å². The molecule has 0 aromatic heterocycles. The van der Waals surface area contributed by atoms with Gasteiger partial charge in [-0.05, 0) is 18.2 Å². The van der Waals surface area contributed by atoms with Gasteiger partial charge in [0.1, 0.15) is 6.04 Å². The molecule has 6 nitrogen and oxygen atoms in total. The van der Waals surface area contributed by atoms with Gasteiger partial charge in [-0.2, -0.15) is 0 Å². The summed E-state index contributed by atoms with van der Waals surface area (Å²) in [5, 5.41) is 11.9. The van der Waals surface area contributed by atoms with Crippen molar-refractivity contribution in [3.63, 3.8) is 0 Å². The first-order valence-electron chi connectivity index (χ1n) is 3.80. The average molecular weight is 236 g/mol. The topological polar surface area (TPSA) is 112 Å². The molecule has 0 amide bonds. The largest absolute Gasteiger partial charge is 0.480 e. The Kier molecular flexibility index (Phi) is 7.50. The van der Waals surface area contributed by atoms with Crippen LogP contribution in [-0.2, 0) is 4.79 Å². The summed E-state index contributed by atoms with van der Waals surface area (Å²) in [5.41, 5.74) is 13.5. The second kappa shape index (κ2) is 7.81. The molecule has 80 valence electrons. The Balaban J connectivity index is 4.06. The Labute approximate surface area is 89.6 Å². The summed E-state index contributed by atoms with van der Waals surface area (Å²) in [7, 11) is 2.97. The number of rotatable bonds is 7. The van der Waals surface area contributed by atoms with Crippen LogP contribution in [0.1, 0.15) is 6.42 Å². The van der Waals surface area contributed by atoms with Crippen LogP contribution in [-0.4, -0.2) is 35.2 Å². The standard InChI is InChI=1S/C6H12N4O2S2/c1-13-14-4(3-9-10-8)2-5(7)6(11)12/h4-5H,2-3,7H2,1H3,(H,11,12). The molecule has 0 aromatic rings. The van der Waals surface area contributed by atoms with E-state index < -0.39 is 12.0 Å². The number of carbonyl (C=O) groups is 1. The van der Waals surface area contributed by atoms with E-state index in [9.17, 15) is 4.79 Å². The van der Waals surface area contributed by atoms with Gasteiger partial charge in [-0.3, -0.25) is 4.79 Å². The Hall–Kier alpha value is -0.560. The third-order valence-electron chi connectivity index (χ3n) is 1.41. The molecule has 0 saturated carbocycles. The Morgan fingerprint density at radius 1 is 1.79 bits per heavy atom. The third-order valence-corrected chi connectivity index (χ3v) is 3.61. The van der Waals surface area contributed by atoms with E-state index >= 15 is 0 Å². The first kappa shape index (κ1) is 13.4. The van der Waals surface area contributed by atoms with Crippen molar-refractivity contribution in [2.75, 3.05) is 12.8 Å². The monoisotopic (exact) mass is 236 g/mol. The molecule has 0 aliphatic carbocycles. The van der Waals surface area contributed by atoms with Crippen molar-refractivity contribution >= 4 is 27.6 Å². The van der Waals surface area contributed by atoms with E-state index in [1.807, 2.05) is 6.26 Å². The number of nitrogens with two attached hydrogens (primary N) is 1. The molecule has 2 atom stereocenters. The van der Waals surface area contributed by atoms with Crippen LogP contribution < -0.4 is 5.73 Å². The zero-order valence-corrected chi connectivity index (χ0v) is 9.29. The fourth-order valence-electron chi connectivity index (χ4n) is 0.792. The van der Waals surface area contributed by atoms with Crippen molar-refractivity contribution in [1.82, 2.24) is 0 Å². The number of aliphatic carboxylic acids is 1. The zero-order valence-electron chi connectivity index (χ0n) is 7.66. The first-order valence-corrected chi connectivity index (χ1v) is 6.42. The lowest BCUT2D eigenvalue weighted by Crippen LogP contribution is -2.33. The first-order chi connectivity index (χ1) is 6.61. The molecular weight excluding hydrogens is 224 g/mol. The Bertz CT molecular complexity index is 232. The molecule has 0 bridgehead atoms. The SMILES string of the molecule is CSSC(CN=[N+]=[N-])CC(N)C(=O)O. The van der Waals surface area contributed by atoms with Gasteiger partial charge >= 0.3 is 5.97 Å². The van der Waals surface area contributed by atoms with E-state index in [1.54, 1.807) is 0 Å². The highest BCUT2D eigenvalue weighted by Gasteiger charge is 2.18. The number of nitrogens with zero attached hydrogens (tertiary/aromatic N) is 3. The summed E-state index contributed by atoms with van der Waals surface area (Å²) in [6.07, 6.45) is 2.18. The number of hydrogen-bond acceptors (Lipinski definition) is 5. The minimum absolute atomic E-state index is 0.0491. The number of azide groups is 1. The predicted molar refractivity (Wildman–Crippen MR) is 59.1 cm³/mol. The fraction of sp³-hybridized carbons (Fsp3) is 0.833. The molecule has 0 radical (unpaired) electrons. The highest BCUT2D eigenvalue weighted by Crippen LogP contribution is 2.27. The lowest BCUT2D eigenvalue weighted by atomic mass is 10.2. The second-order valence-corrected chi connectivity index (χ2v) is 5.25. The van der Waals surface area contributed by atoms with E-state index in [4.69, 9.17) is 16.4 Å². The van der Waals surface area contributed by atoms with Gasteiger partial charge in [0.2, 0.25) is 0 Å². The van der Waals surface area contributed by atoms with Crippen LogP contribution >= 0.6 is 21.6 Å². The van der Waals surface area contributed by atoms with Crippen LogP contribution in [0, 0.1) is 0 Å². The average Bonchev–Trinajstić information content (AvgIpc) is 2.14. The maximum absolute atomic E-state index is 10.5. The summed E-state index contributed by atoms with van der Waals surface area (Å²) in [5.74, 6) is -1.03. The fourth-order valence-corrected chi connectivity index (χ4v) is 2.71. The molecule has 14 heavy (non-hydrogen) atoms. The van der Waals surface area contributed by atoms with Gasteiger partial charge in [-0.25, -0.2) is 0 Å². The van der Waals surface area contributed by atoms with Gasteiger partial charge in [0.25, 0.3) is 0 Å². The predicted octanol–water partition coefficient (Wildman–Crippen LogP) is 1.48. The van der Waals surface area contributed by atoms with E-state index in [1.165, 1.54) is 21.6 Å². The summed E-state index contributed by atoms with van der Waals surface area (Å²) in [6.45, 7) is 0.267. The maximum atomic E-state index is 10.5. The molecule has 0 spiro atoms. The van der Waals surface area contributed by atoms with Gasteiger partial charge in [0, 0.05) is 16.7 Å². The van der Waals surface area contributed by atoms with Gasteiger partial charge in [-0.15, -0.1) is 0 Å². The number of carboxylic acid groups (broad SMARTS) is 1. The number of hydrogen-bond donors (Lipinski definition) is 2. The highest BCUT2D eigenvalue weighted by atomic mass is 33.1. The smallest absolute Gasteiger partial charge is 0.320 e. The third kappa shape index (κ3) is 5.98. The van der Waals surface area contributed by atoms with Crippen molar-refractivity contribution in [3.8, 4) is 0 Å². The summed E-state index contributed by atoms with van der Waals surface area (Å²) in [4.78, 5) is 13.1. The van der Waals surface area contributed by atoms with Gasteiger partial charge in [0.15, 0.2) is 0 Å². The van der Waals surface area contributed by atoms with E-state index in [2.05, 4.69) is 10.0 Å².